The third-order valence-electron chi connectivity index (χ3n) is 3.60. The summed E-state index contributed by atoms with van der Waals surface area (Å²) in [4.78, 5) is 12.2. The van der Waals surface area contributed by atoms with Gasteiger partial charge in [-0.15, -0.1) is 5.10 Å². The maximum Gasteiger partial charge on any atom is 0.230 e. The van der Waals surface area contributed by atoms with Gasteiger partial charge in [0.05, 0.1) is 17.5 Å². The minimum atomic E-state index is -0.0366. The minimum absolute atomic E-state index is 0.0332. The van der Waals surface area contributed by atoms with Crippen molar-refractivity contribution in [1.82, 2.24) is 15.1 Å². The standard InChI is InChI=1S/C18H16ClN3OS3/c1-12(13-5-3-2-4-6-13)20-16(23)11-25-17-21-22(18(24)26-17)15-9-7-14(19)8-10-15/h2-10,12H,11H2,1H3,(H,20,23)/t12-/m0/s1. The molecule has 0 spiro atoms. The van der Waals surface area contributed by atoms with Crippen LogP contribution in [0.25, 0.3) is 5.69 Å². The molecular weight excluding hydrogens is 406 g/mol. The Hall–Kier alpha value is -1.67. The predicted molar refractivity (Wildman–Crippen MR) is 111 cm³/mol. The second kappa shape index (κ2) is 8.81. The van der Waals surface area contributed by atoms with Gasteiger partial charge in [0.15, 0.2) is 8.29 Å². The second-order valence-electron chi connectivity index (χ2n) is 5.51. The maximum absolute atomic E-state index is 12.2. The van der Waals surface area contributed by atoms with Gasteiger partial charge in [-0.25, -0.2) is 4.68 Å². The van der Waals surface area contributed by atoms with Crippen LogP contribution in [0.3, 0.4) is 0 Å². The molecule has 0 unspecified atom stereocenters. The van der Waals surface area contributed by atoms with Gasteiger partial charge >= 0.3 is 0 Å². The lowest BCUT2D eigenvalue weighted by atomic mass is 10.1. The fourth-order valence-corrected chi connectivity index (χ4v) is 4.60. The molecule has 0 radical (unpaired) electrons. The summed E-state index contributed by atoms with van der Waals surface area (Å²) in [6.45, 7) is 1.97. The molecule has 1 N–H and O–H groups in total. The van der Waals surface area contributed by atoms with Crippen LogP contribution in [0.4, 0.5) is 0 Å². The van der Waals surface area contributed by atoms with Gasteiger partial charge in [0.1, 0.15) is 0 Å². The average Bonchev–Trinajstić information content (AvgIpc) is 3.02. The highest BCUT2D eigenvalue weighted by atomic mass is 35.5. The quantitative estimate of drug-likeness (QED) is 0.434. The van der Waals surface area contributed by atoms with Crippen molar-refractivity contribution in [2.75, 3.05) is 5.75 Å². The number of hydrogen-bond acceptors (Lipinski definition) is 5. The van der Waals surface area contributed by atoms with Gasteiger partial charge in [-0.05, 0) is 49.0 Å². The van der Waals surface area contributed by atoms with Crippen molar-refractivity contribution in [1.29, 1.82) is 0 Å². The van der Waals surface area contributed by atoms with Gasteiger partial charge in [-0.1, -0.05) is 65.0 Å². The Balaban J connectivity index is 1.60. The number of hydrogen-bond donors (Lipinski definition) is 1. The fourth-order valence-electron chi connectivity index (χ4n) is 2.30. The summed E-state index contributed by atoms with van der Waals surface area (Å²) in [5.41, 5.74) is 1.93. The van der Waals surface area contributed by atoms with Gasteiger partial charge in [-0.2, -0.15) is 0 Å². The molecule has 2 aromatic carbocycles. The molecule has 1 atom stereocenters. The Morgan fingerprint density at radius 3 is 2.65 bits per heavy atom. The molecule has 0 fully saturated rings. The summed E-state index contributed by atoms with van der Waals surface area (Å²) in [5, 5.41) is 8.15. The van der Waals surface area contributed by atoms with Crippen molar-refractivity contribution < 1.29 is 4.79 Å². The number of carbonyl (C=O) groups excluding carboxylic acids is 1. The van der Waals surface area contributed by atoms with Crippen molar-refractivity contribution >= 4 is 52.8 Å². The van der Waals surface area contributed by atoms with Crippen LogP contribution in [0.15, 0.2) is 58.9 Å². The Kier molecular flexibility index (Phi) is 6.48. The summed E-state index contributed by atoms with van der Waals surface area (Å²) < 4.78 is 3.07. The minimum Gasteiger partial charge on any atom is -0.349 e. The number of nitrogens with zero attached hydrogens (tertiary/aromatic N) is 2. The number of carbonyl (C=O) groups is 1. The van der Waals surface area contributed by atoms with E-state index in [9.17, 15) is 4.79 Å². The van der Waals surface area contributed by atoms with Crippen molar-refractivity contribution in [3.63, 3.8) is 0 Å². The van der Waals surface area contributed by atoms with E-state index in [-0.39, 0.29) is 11.9 Å². The lowest BCUT2D eigenvalue weighted by Gasteiger charge is -2.13. The van der Waals surface area contributed by atoms with E-state index in [0.29, 0.717) is 14.7 Å². The first kappa shape index (κ1) is 19.1. The molecule has 1 amide bonds. The van der Waals surface area contributed by atoms with E-state index < -0.39 is 0 Å². The molecule has 0 aliphatic rings. The van der Waals surface area contributed by atoms with E-state index in [1.807, 2.05) is 49.4 Å². The summed E-state index contributed by atoms with van der Waals surface area (Å²) in [6, 6.07) is 17.2. The first-order valence-electron chi connectivity index (χ1n) is 7.86. The van der Waals surface area contributed by atoms with Gasteiger partial charge in [-0.3, -0.25) is 4.79 Å². The van der Waals surface area contributed by atoms with Crippen LogP contribution in [-0.2, 0) is 4.79 Å². The Morgan fingerprint density at radius 1 is 1.27 bits per heavy atom. The summed E-state index contributed by atoms with van der Waals surface area (Å²) in [7, 11) is 0. The van der Waals surface area contributed by atoms with Crippen LogP contribution in [0.1, 0.15) is 18.5 Å². The topological polar surface area (TPSA) is 46.9 Å². The van der Waals surface area contributed by atoms with Crippen LogP contribution in [0, 0.1) is 3.95 Å². The number of aromatic nitrogens is 2. The Labute approximate surface area is 170 Å². The molecule has 134 valence electrons. The molecule has 0 aliphatic heterocycles. The van der Waals surface area contributed by atoms with Gasteiger partial charge < -0.3 is 5.32 Å². The number of nitrogens with one attached hydrogen (secondary N) is 1. The molecule has 0 saturated heterocycles. The molecule has 4 nitrogen and oxygen atoms in total. The lowest BCUT2D eigenvalue weighted by molar-refractivity contribution is -0.119. The van der Waals surface area contributed by atoms with Crippen molar-refractivity contribution in [2.45, 2.75) is 17.3 Å². The molecular formula is C18H16ClN3OS3. The number of halogens is 1. The second-order valence-corrected chi connectivity index (χ2v) is 8.79. The Bertz CT molecular complexity index is 938. The number of rotatable bonds is 6. The summed E-state index contributed by atoms with van der Waals surface area (Å²) in [6.07, 6.45) is 0. The van der Waals surface area contributed by atoms with E-state index in [0.717, 1.165) is 15.6 Å². The van der Waals surface area contributed by atoms with Crippen molar-refractivity contribution in [3.05, 3.63) is 69.1 Å². The van der Waals surface area contributed by atoms with Crippen molar-refractivity contribution in [3.8, 4) is 5.69 Å². The van der Waals surface area contributed by atoms with Crippen LogP contribution < -0.4 is 5.32 Å². The third-order valence-corrected chi connectivity index (χ3v) is 6.22. The van der Waals surface area contributed by atoms with E-state index in [1.54, 1.807) is 16.8 Å². The summed E-state index contributed by atoms with van der Waals surface area (Å²) in [5.74, 6) is 0.255. The number of thioether (sulfide) groups is 1. The summed E-state index contributed by atoms with van der Waals surface area (Å²) >= 11 is 14.1. The smallest absolute Gasteiger partial charge is 0.230 e. The molecule has 0 aliphatic carbocycles. The van der Waals surface area contributed by atoms with E-state index >= 15 is 0 Å². The fraction of sp³-hybridized carbons (Fsp3) is 0.167. The highest BCUT2D eigenvalue weighted by Gasteiger charge is 2.12. The predicted octanol–water partition coefficient (Wildman–Crippen LogP) is 5.29. The molecule has 8 heteroatoms. The van der Waals surface area contributed by atoms with E-state index in [4.69, 9.17) is 23.8 Å². The molecule has 0 saturated carbocycles. The third kappa shape index (κ3) is 4.94. The van der Waals surface area contributed by atoms with Crippen molar-refractivity contribution in [2.24, 2.45) is 0 Å². The van der Waals surface area contributed by atoms with Gasteiger partial charge in [0.2, 0.25) is 5.91 Å². The zero-order valence-electron chi connectivity index (χ0n) is 13.9. The molecule has 0 bridgehead atoms. The largest absolute Gasteiger partial charge is 0.349 e. The van der Waals surface area contributed by atoms with Crippen LogP contribution in [0.5, 0.6) is 0 Å². The molecule has 26 heavy (non-hydrogen) atoms. The van der Waals surface area contributed by atoms with E-state index in [2.05, 4.69) is 10.4 Å². The highest BCUT2D eigenvalue weighted by molar-refractivity contribution is 8.01. The van der Waals surface area contributed by atoms with Gasteiger partial charge in [0.25, 0.3) is 0 Å². The number of amides is 1. The van der Waals surface area contributed by atoms with Gasteiger partial charge in [0, 0.05) is 5.02 Å². The maximum atomic E-state index is 12.2. The monoisotopic (exact) mass is 421 g/mol. The molecule has 3 rings (SSSR count). The van der Waals surface area contributed by atoms with Crippen LogP contribution in [0.2, 0.25) is 5.02 Å². The molecule has 1 aromatic heterocycles. The normalized spacial score (nSPS) is 11.9. The first-order valence-corrected chi connectivity index (χ1v) is 10.4. The zero-order chi connectivity index (χ0) is 18.5. The van der Waals surface area contributed by atoms with Crippen LogP contribution >= 0.6 is 46.9 Å². The molecule has 1 heterocycles. The SMILES string of the molecule is C[C@H](NC(=O)CSc1nn(-c2ccc(Cl)cc2)c(=S)s1)c1ccccc1. The van der Waals surface area contributed by atoms with E-state index in [1.165, 1.54) is 23.1 Å². The highest BCUT2D eigenvalue weighted by Crippen LogP contribution is 2.24. The molecule has 3 aromatic rings. The lowest BCUT2D eigenvalue weighted by Crippen LogP contribution is -2.28. The zero-order valence-corrected chi connectivity index (χ0v) is 17.1. The Morgan fingerprint density at radius 2 is 1.96 bits per heavy atom. The first-order chi connectivity index (χ1) is 12.5. The average molecular weight is 422 g/mol. The van der Waals surface area contributed by atoms with Crippen LogP contribution in [-0.4, -0.2) is 21.4 Å². The number of benzene rings is 2.